The molecule has 0 atom stereocenters. The van der Waals surface area contributed by atoms with E-state index >= 15 is 0 Å². The third-order valence-electron chi connectivity index (χ3n) is 0.354. The molecule has 35 valence electrons. The van der Waals surface area contributed by atoms with Crippen molar-refractivity contribution < 1.29 is 10.0 Å². The highest BCUT2D eigenvalue weighted by Crippen LogP contribution is 2.14. The Bertz CT molecular complexity index is 20.0. The lowest BCUT2D eigenvalue weighted by Gasteiger charge is -1.46. The molecular weight excluding hydrogens is 78.8 g/mol. The Balaban J connectivity index is 0.0000000833. The van der Waals surface area contributed by atoms with Gasteiger partial charge in [0, 0.05) is 0 Å². The molecule has 0 aromatic heterocycles. The minimum atomic E-state index is 0. The molecule has 0 bridgehead atoms. The molecule has 1 aliphatic carbocycles. The fourth-order valence-corrected chi connectivity index (χ4v) is 0. The molecule has 1 rings (SSSR count). The van der Waals surface area contributed by atoms with Gasteiger partial charge in [0.05, 0.1) is 0 Å². The van der Waals surface area contributed by atoms with Crippen molar-refractivity contribution in [1.82, 2.24) is 0 Å². The maximum Gasteiger partial charge on any atom is 0.482 e. The summed E-state index contributed by atoms with van der Waals surface area (Å²) in [6.07, 6.45) is 4.50. The molecule has 1 saturated carbocycles. The highest BCUT2D eigenvalue weighted by molar-refractivity contribution is 6.13. The van der Waals surface area contributed by atoms with Crippen molar-refractivity contribution in [3.05, 3.63) is 0 Å². The van der Waals surface area contributed by atoms with Gasteiger partial charge in [-0.25, -0.2) is 0 Å². The molecule has 6 heavy (non-hydrogen) atoms. The van der Waals surface area contributed by atoms with Crippen molar-refractivity contribution in [1.29, 1.82) is 0 Å². The number of rotatable bonds is 0. The predicted octanol–water partition coefficient (Wildman–Crippen LogP) is -0.325. The summed E-state index contributed by atoms with van der Waals surface area (Å²) in [5.41, 5.74) is 0. The highest BCUT2D eigenvalue weighted by Gasteiger charge is 1.95. The highest BCUT2D eigenvalue weighted by atomic mass is 16.4. The number of hydrogen-bond acceptors (Lipinski definition) is 2. The second-order valence-corrected chi connectivity index (χ2v) is 1.18. The van der Waals surface area contributed by atoms with E-state index in [4.69, 9.17) is 10.0 Å². The van der Waals surface area contributed by atoms with Gasteiger partial charge >= 0.3 is 7.69 Å². The van der Waals surface area contributed by atoms with E-state index in [2.05, 4.69) is 0 Å². The van der Waals surface area contributed by atoms with Crippen molar-refractivity contribution in [3.8, 4) is 0 Å². The molecule has 2 N–H and O–H groups in total. The van der Waals surface area contributed by atoms with E-state index in [0.717, 1.165) is 0 Å². The Kier molecular flexibility index (Phi) is 4.97. The van der Waals surface area contributed by atoms with E-state index < -0.39 is 0 Å². The fourth-order valence-electron chi connectivity index (χ4n) is 0. The van der Waals surface area contributed by atoms with Gasteiger partial charge in [0.15, 0.2) is 0 Å². The van der Waals surface area contributed by atoms with Crippen molar-refractivity contribution in [2.24, 2.45) is 0 Å². The zero-order valence-electron chi connectivity index (χ0n) is 3.59. The van der Waals surface area contributed by atoms with Crippen LogP contribution in [-0.4, -0.2) is 17.7 Å². The zero-order chi connectivity index (χ0) is 4.83. The number of hydrogen-bond donors (Lipinski definition) is 2. The van der Waals surface area contributed by atoms with Gasteiger partial charge in [-0.1, -0.05) is 19.3 Å². The minimum Gasteiger partial charge on any atom is -0.429 e. The molecule has 3 heteroatoms. The minimum absolute atomic E-state index is 0. The average molecular weight is 86.9 g/mol. The molecule has 0 amide bonds. The second-order valence-electron chi connectivity index (χ2n) is 1.18. The van der Waals surface area contributed by atoms with E-state index in [0.29, 0.717) is 0 Å². The standard InChI is InChI=1S/C3H6.BH2O2/c1-2-3-1;2-1-3/h1-3H2;2-3H. The van der Waals surface area contributed by atoms with Crippen LogP contribution in [0.2, 0.25) is 0 Å². The van der Waals surface area contributed by atoms with Crippen LogP contribution in [0.5, 0.6) is 0 Å². The SMILES string of the molecule is C1CC1.O[B]O. The summed E-state index contributed by atoms with van der Waals surface area (Å²) >= 11 is 0. The first-order chi connectivity index (χ1) is 2.91. The normalized spacial score (nSPS) is 14.3. The second kappa shape index (κ2) is 4.98. The average Bonchev–Trinajstić information content (AvgIpc) is 2.11. The summed E-state index contributed by atoms with van der Waals surface area (Å²) in [6, 6.07) is 0. The maximum absolute atomic E-state index is 7.00. The Morgan fingerprint density at radius 3 is 1.17 bits per heavy atom. The molecule has 1 fully saturated rings. The third-order valence-corrected chi connectivity index (χ3v) is 0.354. The van der Waals surface area contributed by atoms with Crippen molar-refractivity contribution in [2.45, 2.75) is 19.3 Å². The quantitative estimate of drug-likeness (QED) is 0.397. The largest absolute Gasteiger partial charge is 0.482 e. The van der Waals surface area contributed by atoms with Gasteiger partial charge in [-0.15, -0.1) is 0 Å². The van der Waals surface area contributed by atoms with E-state index in [9.17, 15) is 0 Å². The lowest BCUT2D eigenvalue weighted by atomic mass is 10.5. The Morgan fingerprint density at radius 1 is 1.00 bits per heavy atom. The van der Waals surface area contributed by atoms with Gasteiger partial charge in [0.1, 0.15) is 0 Å². The van der Waals surface area contributed by atoms with Crippen molar-refractivity contribution in [3.63, 3.8) is 0 Å². The fraction of sp³-hybridized carbons (Fsp3) is 1.00. The molecular formula is C3H8BO2. The van der Waals surface area contributed by atoms with Crippen LogP contribution in [-0.2, 0) is 0 Å². The van der Waals surface area contributed by atoms with Crippen LogP contribution in [0.15, 0.2) is 0 Å². The molecule has 0 saturated heterocycles. The summed E-state index contributed by atoms with van der Waals surface area (Å²) in [7, 11) is 0. The topological polar surface area (TPSA) is 40.5 Å². The van der Waals surface area contributed by atoms with Crippen LogP contribution in [0.3, 0.4) is 0 Å². The predicted molar refractivity (Wildman–Crippen MR) is 24.0 cm³/mol. The van der Waals surface area contributed by atoms with Crippen LogP contribution in [0.1, 0.15) is 19.3 Å². The summed E-state index contributed by atoms with van der Waals surface area (Å²) in [5.74, 6) is 0. The van der Waals surface area contributed by atoms with Gasteiger partial charge < -0.3 is 10.0 Å². The summed E-state index contributed by atoms with van der Waals surface area (Å²) in [5, 5.41) is 14.0. The first kappa shape index (κ1) is 5.98. The van der Waals surface area contributed by atoms with Crippen LogP contribution >= 0.6 is 0 Å². The van der Waals surface area contributed by atoms with Gasteiger partial charge in [-0.3, -0.25) is 0 Å². The Labute approximate surface area is 38.1 Å². The summed E-state index contributed by atoms with van der Waals surface area (Å²) in [4.78, 5) is 0. The summed E-state index contributed by atoms with van der Waals surface area (Å²) < 4.78 is 0. The monoisotopic (exact) mass is 87.1 g/mol. The summed E-state index contributed by atoms with van der Waals surface area (Å²) in [6.45, 7) is 0. The molecule has 0 unspecified atom stereocenters. The maximum atomic E-state index is 7.00. The van der Waals surface area contributed by atoms with Crippen LogP contribution in [0, 0.1) is 0 Å². The van der Waals surface area contributed by atoms with Crippen LogP contribution in [0.4, 0.5) is 0 Å². The molecule has 2 nitrogen and oxygen atoms in total. The first-order valence-electron chi connectivity index (χ1n) is 2.02. The molecule has 0 heterocycles. The molecule has 0 aromatic rings. The van der Waals surface area contributed by atoms with Crippen molar-refractivity contribution >= 4 is 7.69 Å². The lowest BCUT2D eigenvalue weighted by molar-refractivity contribution is 0.448. The first-order valence-corrected chi connectivity index (χ1v) is 2.02. The third kappa shape index (κ3) is 36.6. The van der Waals surface area contributed by atoms with Gasteiger partial charge in [0.2, 0.25) is 0 Å². The van der Waals surface area contributed by atoms with Gasteiger partial charge in [0.25, 0.3) is 0 Å². The van der Waals surface area contributed by atoms with Crippen LogP contribution in [0.25, 0.3) is 0 Å². The Morgan fingerprint density at radius 2 is 1.17 bits per heavy atom. The van der Waals surface area contributed by atoms with E-state index in [1.54, 1.807) is 0 Å². The molecule has 1 radical (unpaired) electrons. The zero-order valence-corrected chi connectivity index (χ0v) is 3.59. The van der Waals surface area contributed by atoms with E-state index in [1.165, 1.54) is 19.3 Å². The molecule has 0 aliphatic heterocycles. The molecule has 1 aliphatic rings. The van der Waals surface area contributed by atoms with Gasteiger partial charge in [-0.2, -0.15) is 0 Å². The Hall–Kier alpha value is -0.0151. The van der Waals surface area contributed by atoms with E-state index in [1.807, 2.05) is 0 Å². The molecule has 0 spiro atoms. The molecule has 0 aromatic carbocycles. The lowest BCUT2D eigenvalue weighted by Crippen LogP contribution is -1.75. The van der Waals surface area contributed by atoms with Crippen molar-refractivity contribution in [2.75, 3.05) is 0 Å². The van der Waals surface area contributed by atoms with E-state index in [-0.39, 0.29) is 7.69 Å². The van der Waals surface area contributed by atoms with Crippen LogP contribution < -0.4 is 0 Å². The van der Waals surface area contributed by atoms with Gasteiger partial charge in [-0.05, 0) is 0 Å². The smallest absolute Gasteiger partial charge is 0.429 e.